The number of likely N-dealkylation sites (tertiary alicyclic amines) is 1. The summed E-state index contributed by atoms with van der Waals surface area (Å²) < 4.78 is 18.6. The van der Waals surface area contributed by atoms with E-state index in [9.17, 15) is 4.79 Å². The van der Waals surface area contributed by atoms with Gasteiger partial charge in [0, 0.05) is 34.9 Å². The number of carbonyl (C=O) groups is 1. The van der Waals surface area contributed by atoms with Crippen molar-refractivity contribution in [1.29, 1.82) is 0 Å². The van der Waals surface area contributed by atoms with E-state index < -0.39 is 5.79 Å². The van der Waals surface area contributed by atoms with Crippen LogP contribution in [0.1, 0.15) is 19.8 Å². The number of aromatic hydroxyl groups is 2. The quantitative estimate of drug-likeness (QED) is 0.503. The zero-order valence-electron chi connectivity index (χ0n) is 15.7. The molecule has 1 amide bonds. The van der Waals surface area contributed by atoms with E-state index >= 15 is 0 Å². The van der Waals surface area contributed by atoms with E-state index in [1.54, 1.807) is 17.9 Å². The molecular weight excluding hydrogens is 510 g/mol. The number of piperidine rings is 1. The number of carbonyl (C=O) groups excluding carboxylic acids is 1. The Hall–Kier alpha value is -2.13. The Balaban J connectivity index is 0.000000224. The smallest absolute Gasteiger partial charge is 0.409 e. The molecule has 1 spiro atoms. The molecule has 0 aliphatic carbocycles. The van der Waals surface area contributed by atoms with Crippen LogP contribution in [0.4, 0.5) is 4.79 Å². The summed E-state index contributed by atoms with van der Waals surface area (Å²) in [5.74, 6) is 0.677. The monoisotopic (exact) mass is 529 g/mol. The number of nitrogens with zero attached hydrogens (tertiary/aromatic N) is 1. The molecule has 156 valence electrons. The Bertz CT molecular complexity index is 883. The van der Waals surface area contributed by atoms with Gasteiger partial charge in [0.2, 0.25) is 0 Å². The van der Waals surface area contributed by atoms with Crippen LogP contribution in [0.2, 0.25) is 0 Å². The molecule has 1 saturated heterocycles. The van der Waals surface area contributed by atoms with Crippen LogP contribution in [-0.4, -0.2) is 46.7 Å². The molecule has 2 aromatic rings. The van der Waals surface area contributed by atoms with E-state index in [1.165, 1.54) is 12.1 Å². The first kappa shape index (κ1) is 21.6. The zero-order valence-corrected chi connectivity index (χ0v) is 18.9. The predicted octanol–water partition coefficient (Wildman–Crippen LogP) is 5.03. The fourth-order valence-corrected chi connectivity index (χ4v) is 3.70. The number of fused-ring (bicyclic) bond motifs is 1. The van der Waals surface area contributed by atoms with Gasteiger partial charge < -0.3 is 29.3 Å². The largest absolute Gasteiger partial charge is 0.504 e. The first-order valence-electron chi connectivity index (χ1n) is 9.08. The van der Waals surface area contributed by atoms with Gasteiger partial charge in [-0.05, 0) is 43.3 Å². The van der Waals surface area contributed by atoms with Crippen molar-refractivity contribution in [2.24, 2.45) is 0 Å². The van der Waals surface area contributed by atoms with Gasteiger partial charge >= 0.3 is 6.09 Å². The number of benzene rings is 2. The lowest BCUT2D eigenvalue weighted by molar-refractivity contribution is -0.115. The highest BCUT2D eigenvalue weighted by Crippen LogP contribution is 2.44. The second-order valence-electron chi connectivity index (χ2n) is 6.52. The third-order valence-electron chi connectivity index (χ3n) is 4.49. The van der Waals surface area contributed by atoms with Crippen LogP contribution in [0, 0.1) is 0 Å². The van der Waals surface area contributed by atoms with E-state index in [2.05, 4.69) is 31.9 Å². The van der Waals surface area contributed by atoms with Crippen LogP contribution in [0.25, 0.3) is 0 Å². The molecule has 9 heteroatoms. The number of halogens is 2. The van der Waals surface area contributed by atoms with Gasteiger partial charge in [0.25, 0.3) is 5.79 Å². The SMILES string of the molecule is CCOC(=O)N1CCC2(CC1)Oc1ccc(Br)cc1O2.Oc1ccc(Br)cc1O. The Labute approximate surface area is 185 Å². The third kappa shape index (κ3) is 5.27. The van der Waals surface area contributed by atoms with E-state index in [4.69, 9.17) is 24.4 Å². The maximum absolute atomic E-state index is 11.7. The van der Waals surface area contributed by atoms with Gasteiger partial charge in [-0.25, -0.2) is 4.79 Å². The Kier molecular flexibility index (Phi) is 6.79. The number of rotatable bonds is 1. The summed E-state index contributed by atoms with van der Waals surface area (Å²) in [6.45, 7) is 3.36. The minimum absolute atomic E-state index is 0.0989. The molecule has 0 atom stereocenters. The lowest BCUT2D eigenvalue weighted by Gasteiger charge is -2.36. The first-order chi connectivity index (χ1) is 13.8. The van der Waals surface area contributed by atoms with Crippen LogP contribution >= 0.6 is 31.9 Å². The van der Waals surface area contributed by atoms with Crippen LogP contribution in [0.5, 0.6) is 23.0 Å². The van der Waals surface area contributed by atoms with Crippen LogP contribution in [0.15, 0.2) is 45.3 Å². The molecule has 2 aliphatic rings. The van der Waals surface area contributed by atoms with Gasteiger partial charge in [-0.3, -0.25) is 0 Å². The minimum Gasteiger partial charge on any atom is -0.504 e. The van der Waals surface area contributed by atoms with Crippen molar-refractivity contribution in [2.45, 2.75) is 25.6 Å². The molecule has 0 radical (unpaired) electrons. The fraction of sp³-hybridized carbons (Fsp3) is 0.350. The average molecular weight is 531 g/mol. The predicted molar refractivity (Wildman–Crippen MR) is 113 cm³/mol. The van der Waals surface area contributed by atoms with E-state index in [-0.39, 0.29) is 17.6 Å². The highest BCUT2D eigenvalue weighted by molar-refractivity contribution is 9.10. The number of phenolic OH excluding ortho intramolecular Hbond substituents is 2. The lowest BCUT2D eigenvalue weighted by atomic mass is 10.0. The van der Waals surface area contributed by atoms with Gasteiger partial charge in [0.15, 0.2) is 23.0 Å². The molecule has 0 aromatic heterocycles. The van der Waals surface area contributed by atoms with Crippen molar-refractivity contribution >= 4 is 38.0 Å². The third-order valence-corrected chi connectivity index (χ3v) is 5.47. The molecule has 1 fully saturated rings. The van der Waals surface area contributed by atoms with Gasteiger partial charge in [-0.15, -0.1) is 0 Å². The minimum atomic E-state index is -0.633. The van der Waals surface area contributed by atoms with Gasteiger partial charge in [-0.2, -0.15) is 0 Å². The molecule has 2 aromatic carbocycles. The maximum atomic E-state index is 11.7. The molecular formula is C20H21Br2NO6. The summed E-state index contributed by atoms with van der Waals surface area (Å²) in [6.07, 6.45) is 1.01. The van der Waals surface area contributed by atoms with Gasteiger partial charge in [0.1, 0.15) is 0 Å². The van der Waals surface area contributed by atoms with E-state index in [1.807, 2.05) is 18.2 Å². The van der Waals surface area contributed by atoms with Crippen molar-refractivity contribution in [2.75, 3.05) is 19.7 Å². The highest BCUT2D eigenvalue weighted by Gasteiger charge is 2.45. The summed E-state index contributed by atoms with van der Waals surface area (Å²) in [5.41, 5.74) is 0. The molecule has 2 heterocycles. The summed E-state index contributed by atoms with van der Waals surface area (Å²) in [6, 6.07) is 10.2. The molecule has 2 N–H and O–H groups in total. The topological polar surface area (TPSA) is 88.5 Å². The number of amides is 1. The molecule has 0 saturated carbocycles. The van der Waals surface area contributed by atoms with Crippen molar-refractivity contribution in [1.82, 2.24) is 4.90 Å². The molecule has 2 aliphatic heterocycles. The first-order valence-corrected chi connectivity index (χ1v) is 10.7. The van der Waals surface area contributed by atoms with Crippen molar-refractivity contribution in [3.8, 4) is 23.0 Å². The average Bonchev–Trinajstić information content (AvgIpc) is 3.03. The molecule has 29 heavy (non-hydrogen) atoms. The lowest BCUT2D eigenvalue weighted by Crippen LogP contribution is -2.51. The summed E-state index contributed by atoms with van der Waals surface area (Å²) in [5, 5.41) is 17.6. The van der Waals surface area contributed by atoms with Crippen LogP contribution < -0.4 is 9.47 Å². The maximum Gasteiger partial charge on any atom is 0.409 e. The number of hydrogen-bond acceptors (Lipinski definition) is 6. The second kappa shape index (κ2) is 9.13. The van der Waals surface area contributed by atoms with Crippen molar-refractivity contribution in [3.63, 3.8) is 0 Å². The number of ether oxygens (including phenoxy) is 3. The van der Waals surface area contributed by atoms with Crippen molar-refractivity contribution in [3.05, 3.63) is 45.3 Å². The standard InChI is InChI=1S/C14H16BrNO4.C6H5BrO2/c1-2-18-13(17)16-7-5-14(6-8-16)19-11-4-3-10(15)9-12(11)20-14;7-4-1-2-5(8)6(9)3-4/h3-4,9H,2,5-8H2,1H3;1-3,8-9H. The molecule has 7 nitrogen and oxygen atoms in total. The van der Waals surface area contributed by atoms with Gasteiger partial charge in [0.05, 0.1) is 6.61 Å². The Morgan fingerprint density at radius 2 is 1.66 bits per heavy atom. The molecule has 0 bridgehead atoms. The molecule has 0 unspecified atom stereocenters. The normalized spacial score (nSPS) is 16.2. The summed E-state index contributed by atoms with van der Waals surface area (Å²) in [7, 11) is 0. The van der Waals surface area contributed by atoms with Crippen LogP contribution in [0.3, 0.4) is 0 Å². The second-order valence-corrected chi connectivity index (χ2v) is 8.36. The summed E-state index contributed by atoms with van der Waals surface area (Å²) in [4.78, 5) is 13.4. The number of hydrogen-bond donors (Lipinski definition) is 2. The van der Waals surface area contributed by atoms with E-state index in [0.717, 1.165) is 20.4 Å². The number of phenols is 2. The van der Waals surface area contributed by atoms with Gasteiger partial charge in [-0.1, -0.05) is 31.9 Å². The zero-order chi connectivity index (χ0) is 21.0. The Morgan fingerprint density at radius 3 is 2.28 bits per heavy atom. The fourth-order valence-electron chi connectivity index (χ4n) is 3.01. The highest BCUT2D eigenvalue weighted by atomic mass is 79.9. The molecule has 4 rings (SSSR count). The summed E-state index contributed by atoms with van der Waals surface area (Å²) >= 11 is 6.54. The van der Waals surface area contributed by atoms with Crippen LogP contribution in [-0.2, 0) is 4.74 Å². The van der Waals surface area contributed by atoms with E-state index in [0.29, 0.717) is 32.5 Å². The Morgan fingerprint density at radius 1 is 1.03 bits per heavy atom. The van der Waals surface area contributed by atoms with Crippen molar-refractivity contribution < 1.29 is 29.2 Å².